The molecule has 0 aliphatic carbocycles. The maximum Gasteiger partial charge on any atom is 0.264 e. The number of thioether (sulfide) groups is 1. The quantitative estimate of drug-likeness (QED) is 0.513. The molecule has 0 bridgehead atoms. The highest BCUT2D eigenvalue weighted by atomic mass is 35.5. The summed E-state index contributed by atoms with van der Waals surface area (Å²) in [5.41, 5.74) is 1.73. The van der Waals surface area contributed by atoms with Crippen molar-refractivity contribution < 1.29 is 17.7 Å². The third-order valence-corrected chi connectivity index (χ3v) is 6.63. The maximum absolute atomic E-state index is 12.5. The van der Waals surface area contributed by atoms with Crippen molar-refractivity contribution in [3.8, 4) is 0 Å². The second-order valence-corrected chi connectivity index (χ2v) is 9.31. The number of amides is 1. The number of anilines is 2. The SMILES string of the molecule is Cc1noc(NS(=O)(=O)c2ccc(NC(=O)CSc3ccc(Cl)cc3)cc2)c1C. The van der Waals surface area contributed by atoms with Crippen LogP contribution in [0.1, 0.15) is 11.3 Å². The fourth-order valence-electron chi connectivity index (χ4n) is 2.29. The number of carbonyl (C=O) groups excluding carboxylic acids is 1. The molecule has 1 heterocycles. The number of carbonyl (C=O) groups is 1. The lowest BCUT2D eigenvalue weighted by Crippen LogP contribution is -2.15. The van der Waals surface area contributed by atoms with Gasteiger partial charge in [0.25, 0.3) is 10.0 Å². The van der Waals surface area contributed by atoms with Gasteiger partial charge in [-0.3, -0.25) is 4.79 Å². The first-order valence-corrected chi connectivity index (χ1v) is 11.3. The van der Waals surface area contributed by atoms with Crippen LogP contribution in [0.5, 0.6) is 0 Å². The lowest BCUT2D eigenvalue weighted by molar-refractivity contribution is -0.113. The number of sulfonamides is 1. The summed E-state index contributed by atoms with van der Waals surface area (Å²) in [4.78, 5) is 13.1. The van der Waals surface area contributed by atoms with Gasteiger partial charge in [0.2, 0.25) is 11.8 Å². The van der Waals surface area contributed by atoms with E-state index >= 15 is 0 Å². The van der Waals surface area contributed by atoms with E-state index in [0.717, 1.165) is 4.90 Å². The van der Waals surface area contributed by atoms with Crippen LogP contribution in [-0.4, -0.2) is 25.2 Å². The molecule has 29 heavy (non-hydrogen) atoms. The van der Waals surface area contributed by atoms with Gasteiger partial charge < -0.3 is 9.84 Å². The molecule has 0 radical (unpaired) electrons. The minimum atomic E-state index is -3.83. The van der Waals surface area contributed by atoms with Gasteiger partial charge >= 0.3 is 0 Å². The number of benzene rings is 2. The molecule has 0 fully saturated rings. The molecule has 10 heteroatoms. The fraction of sp³-hybridized carbons (Fsp3) is 0.158. The number of rotatable bonds is 7. The largest absolute Gasteiger partial charge is 0.337 e. The van der Waals surface area contributed by atoms with Gasteiger partial charge in [-0.25, -0.2) is 13.1 Å². The molecular formula is C19H18ClN3O4S2. The Hall–Kier alpha value is -2.49. The van der Waals surface area contributed by atoms with Crippen LogP contribution in [0.4, 0.5) is 11.6 Å². The number of aromatic nitrogens is 1. The van der Waals surface area contributed by atoms with Gasteiger partial charge in [0, 0.05) is 21.2 Å². The summed E-state index contributed by atoms with van der Waals surface area (Å²) in [6, 6.07) is 13.1. The van der Waals surface area contributed by atoms with Crippen molar-refractivity contribution in [2.24, 2.45) is 0 Å². The second-order valence-electron chi connectivity index (χ2n) is 6.14. The van der Waals surface area contributed by atoms with Crippen LogP contribution < -0.4 is 10.0 Å². The van der Waals surface area contributed by atoms with Crippen LogP contribution in [-0.2, 0) is 14.8 Å². The van der Waals surface area contributed by atoms with Crippen molar-refractivity contribution in [2.75, 3.05) is 15.8 Å². The zero-order valence-corrected chi connectivity index (χ0v) is 18.0. The van der Waals surface area contributed by atoms with E-state index in [2.05, 4.69) is 15.2 Å². The van der Waals surface area contributed by atoms with Crippen molar-refractivity contribution in [3.05, 3.63) is 64.8 Å². The number of halogens is 1. The minimum Gasteiger partial charge on any atom is -0.337 e. The zero-order chi connectivity index (χ0) is 21.0. The van der Waals surface area contributed by atoms with Gasteiger partial charge in [-0.1, -0.05) is 16.8 Å². The maximum atomic E-state index is 12.5. The van der Waals surface area contributed by atoms with Gasteiger partial charge in [0.1, 0.15) is 0 Å². The van der Waals surface area contributed by atoms with Crippen molar-refractivity contribution in [1.82, 2.24) is 5.16 Å². The average molecular weight is 452 g/mol. The predicted molar refractivity (Wildman–Crippen MR) is 114 cm³/mol. The molecule has 3 aromatic rings. The zero-order valence-electron chi connectivity index (χ0n) is 15.6. The summed E-state index contributed by atoms with van der Waals surface area (Å²) in [6.07, 6.45) is 0. The lowest BCUT2D eigenvalue weighted by atomic mass is 10.3. The number of hydrogen-bond acceptors (Lipinski definition) is 6. The van der Waals surface area contributed by atoms with E-state index in [1.165, 1.54) is 36.0 Å². The van der Waals surface area contributed by atoms with Crippen LogP contribution in [0.2, 0.25) is 5.02 Å². The molecular weight excluding hydrogens is 434 g/mol. The van der Waals surface area contributed by atoms with E-state index in [1.54, 1.807) is 26.0 Å². The number of nitrogens with zero attached hydrogens (tertiary/aromatic N) is 1. The predicted octanol–water partition coefficient (Wildman–Crippen LogP) is 4.48. The summed E-state index contributed by atoms with van der Waals surface area (Å²) in [5.74, 6) is 0.0958. The van der Waals surface area contributed by atoms with Crippen LogP contribution in [0, 0.1) is 13.8 Å². The van der Waals surface area contributed by atoms with Crippen LogP contribution in [0.15, 0.2) is 62.8 Å². The Bertz CT molecular complexity index is 1110. The van der Waals surface area contributed by atoms with Crippen LogP contribution in [0.25, 0.3) is 0 Å². The highest BCUT2D eigenvalue weighted by Crippen LogP contribution is 2.23. The third kappa shape index (κ3) is 5.53. The van der Waals surface area contributed by atoms with Crippen LogP contribution >= 0.6 is 23.4 Å². The lowest BCUT2D eigenvalue weighted by Gasteiger charge is -2.08. The molecule has 2 aromatic carbocycles. The Morgan fingerprint density at radius 1 is 1.10 bits per heavy atom. The molecule has 0 saturated carbocycles. The molecule has 0 aliphatic heterocycles. The molecule has 1 amide bonds. The number of hydrogen-bond donors (Lipinski definition) is 2. The number of aryl methyl sites for hydroxylation is 1. The molecule has 0 unspecified atom stereocenters. The van der Waals surface area contributed by atoms with E-state index in [4.69, 9.17) is 16.1 Å². The summed E-state index contributed by atoms with van der Waals surface area (Å²) in [7, 11) is -3.83. The van der Waals surface area contributed by atoms with Crippen molar-refractivity contribution in [1.29, 1.82) is 0 Å². The Morgan fingerprint density at radius 3 is 2.34 bits per heavy atom. The van der Waals surface area contributed by atoms with E-state index in [-0.39, 0.29) is 22.4 Å². The van der Waals surface area contributed by atoms with E-state index in [1.807, 2.05) is 12.1 Å². The summed E-state index contributed by atoms with van der Waals surface area (Å²) in [6.45, 7) is 3.43. The second kappa shape index (κ2) is 8.89. The van der Waals surface area contributed by atoms with Gasteiger partial charge in [-0.15, -0.1) is 11.8 Å². The highest BCUT2D eigenvalue weighted by molar-refractivity contribution is 8.00. The topological polar surface area (TPSA) is 101 Å². The number of nitrogens with one attached hydrogen (secondary N) is 2. The summed E-state index contributed by atoms with van der Waals surface area (Å²) >= 11 is 7.21. The molecule has 2 N–H and O–H groups in total. The Balaban J connectivity index is 1.59. The molecule has 0 aliphatic rings. The van der Waals surface area contributed by atoms with Crippen molar-refractivity contribution in [3.63, 3.8) is 0 Å². The summed E-state index contributed by atoms with van der Waals surface area (Å²) < 4.78 is 32.3. The van der Waals surface area contributed by atoms with Crippen molar-refractivity contribution in [2.45, 2.75) is 23.6 Å². The molecule has 1 aromatic heterocycles. The third-order valence-electron chi connectivity index (χ3n) is 4.02. The van der Waals surface area contributed by atoms with Gasteiger partial charge in [-0.2, -0.15) is 0 Å². The molecule has 7 nitrogen and oxygen atoms in total. The molecule has 3 rings (SSSR count). The van der Waals surface area contributed by atoms with Gasteiger partial charge in [0.15, 0.2) is 0 Å². The normalized spacial score (nSPS) is 11.3. The van der Waals surface area contributed by atoms with E-state index in [9.17, 15) is 13.2 Å². The first-order chi connectivity index (χ1) is 13.7. The Morgan fingerprint density at radius 2 is 1.76 bits per heavy atom. The monoisotopic (exact) mass is 451 g/mol. The average Bonchev–Trinajstić information content (AvgIpc) is 2.99. The highest BCUT2D eigenvalue weighted by Gasteiger charge is 2.19. The van der Waals surface area contributed by atoms with Gasteiger partial charge in [-0.05, 0) is 62.4 Å². The smallest absolute Gasteiger partial charge is 0.264 e. The minimum absolute atomic E-state index is 0.0412. The first kappa shape index (κ1) is 21.2. The Labute approximate surface area is 177 Å². The van der Waals surface area contributed by atoms with E-state index in [0.29, 0.717) is 22.0 Å². The van der Waals surface area contributed by atoms with Crippen LogP contribution in [0.3, 0.4) is 0 Å². The molecule has 0 spiro atoms. The molecule has 0 atom stereocenters. The Kier molecular flexibility index (Phi) is 6.51. The van der Waals surface area contributed by atoms with E-state index < -0.39 is 10.0 Å². The van der Waals surface area contributed by atoms with Crippen molar-refractivity contribution >= 4 is 50.9 Å². The summed E-state index contributed by atoms with van der Waals surface area (Å²) in [5, 5.41) is 7.10. The standard InChI is InChI=1S/C19H18ClN3O4S2/c1-12-13(2)22-27-19(12)23-29(25,26)17-9-5-15(6-10-17)21-18(24)11-28-16-7-3-14(20)4-8-16/h3-10,23H,11H2,1-2H3,(H,21,24). The van der Waals surface area contributed by atoms with Gasteiger partial charge in [0.05, 0.1) is 16.3 Å². The molecule has 0 saturated heterocycles. The first-order valence-electron chi connectivity index (χ1n) is 8.48. The molecule has 152 valence electrons. The fourth-order valence-corrected chi connectivity index (χ4v) is 4.16.